The molecule has 1 unspecified atom stereocenters. The molecule has 4 nitrogen and oxygen atoms in total. The second kappa shape index (κ2) is 4.19. The molecule has 0 radical (unpaired) electrons. The van der Waals surface area contributed by atoms with Crippen LogP contribution in [0.2, 0.25) is 0 Å². The van der Waals surface area contributed by atoms with Crippen molar-refractivity contribution in [2.24, 2.45) is 5.41 Å². The third-order valence-corrected chi connectivity index (χ3v) is 3.27. The molecule has 2 rings (SSSR count). The van der Waals surface area contributed by atoms with Crippen molar-refractivity contribution >= 4 is 18.1 Å². The Morgan fingerprint density at radius 2 is 2.28 bits per heavy atom. The summed E-state index contributed by atoms with van der Waals surface area (Å²) in [6.45, 7) is 4.06. The first kappa shape index (κ1) is 12.2. The molecular weight excluding hydrogens is 228 g/mol. The van der Waals surface area contributed by atoms with Gasteiger partial charge in [0.15, 0.2) is 0 Å². The number of fused-ring (bicyclic) bond motifs is 1. The molecule has 0 aromatic carbocycles. The molecule has 2 N–H and O–H groups in total. The molecule has 1 heterocycles. The number of allylic oxidation sites excluding steroid dienone is 2. The number of rotatable bonds is 2. The van der Waals surface area contributed by atoms with Crippen LogP contribution in [-0.2, 0) is 0 Å². The zero-order valence-corrected chi connectivity index (χ0v) is 10.3. The van der Waals surface area contributed by atoms with Gasteiger partial charge >= 0.3 is 5.97 Å². The number of carboxylic acids is 1. The highest BCUT2D eigenvalue weighted by Crippen LogP contribution is 2.27. The average molecular weight is 242 g/mol. The molecule has 0 spiro atoms. The molecule has 4 heteroatoms. The van der Waals surface area contributed by atoms with Gasteiger partial charge in [-0.25, -0.2) is 4.79 Å². The van der Waals surface area contributed by atoms with Crippen LogP contribution in [0.3, 0.4) is 0 Å². The lowest BCUT2D eigenvalue weighted by molar-refractivity contribution is 0.0691. The Labute approximate surface area is 105 Å². The van der Waals surface area contributed by atoms with Gasteiger partial charge in [0.05, 0.1) is 6.07 Å². The molecule has 0 fully saturated rings. The van der Waals surface area contributed by atoms with Gasteiger partial charge in [0.25, 0.3) is 0 Å². The maximum atomic E-state index is 10.9. The normalized spacial score (nSPS) is 21.7. The summed E-state index contributed by atoms with van der Waals surface area (Å²) < 4.78 is 0. The van der Waals surface area contributed by atoms with E-state index in [9.17, 15) is 4.79 Å². The van der Waals surface area contributed by atoms with E-state index in [0.717, 1.165) is 17.0 Å². The van der Waals surface area contributed by atoms with Gasteiger partial charge in [-0.3, -0.25) is 0 Å². The van der Waals surface area contributed by atoms with Crippen LogP contribution < -0.4 is 10.6 Å². The van der Waals surface area contributed by atoms with Crippen LogP contribution >= 0.6 is 0 Å². The summed E-state index contributed by atoms with van der Waals surface area (Å²) in [7, 11) is 0. The second-order valence-corrected chi connectivity index (χ2v) is 4.72. The minimum Gasteiger partial charge on any atom is -0.477 e. The van der Waals surface area contributed by atoms with E-state index in [0.29, 0.717) is 5.57 Å². The molecule has 1 aliphatic carbocycles. The van der Waals surface area contributed by atoms with Crippen LogP contribution in [0.25, 0.3) is 12.2 Å². The Balaban J connectivity index is 2.75. The van der Waals surface area contributed by atoms with Crippen molar-refractivity contribution in [2.45, 2.75) is 20.3 Å². The van der Waals surface area contributed by atoms with E-state index in [4.69, 9.17) is 10.4 Å². The molecule has 1 aliphatic rings. The molecule has 1 aromatic heterocycles. The van der Waals surface area contributed by atoms with Gasteiger partial charge in [0.1, 0.15) is 5.69 Å². The average Bonchev–Trinajstić information content (AvgIpc) is 2.65. The van der Waals surface area contributed by atoms with Gasteiger partial charge in [-0.1, -0.05) is 26.0 Å². The lowest BCUT2D eigenvalue weighted by atomic mass is 9.86. The van der Waals surface area contributed by atoms with Crippen molar-refractivity contribution in [1.82, 2.24) is 4.98 Å². The molecule has 0 bridgehead atoms. The van der Waals surface area contributed by atoms with Crippen LogP contribution in [0.4, 0.5) is 0 Å². The highest BCUT2D eigenvalue weighted by molar-refractivity contribution is 5.85. The predicted molar refractivity (Wildman–Crippen MR) is 68.0 cm³/mol. The Bertz CT molecular complexity index is 688. The van der Waals surface area contributed by atoms with E-state index in [1.54, 1.807) is 12.1 Å². The van der Waals surface area contributed by atoms with Crippen molar-refractivity contribution in [1.29, 1.82) is 5.26 Å². The Hall–Kier alpha value is -2.28. The largest absolute Gasteiger partial charge is 0.477 e. The van der Waals surface area contributed by atoms with Gasteiger partial charge in [0, 0.05) is 21.6 Å². The fourth-order valence-corrected chi connectivity index (χ4v) is 2.05. The number of hydrogen-bond donors (Lipinski definition) is 2. The lowest BCUT2D eigenvalue weighted by Crippen LogP contribution is -2.24. The number of nitriles is 1. The number of H-pyrrole nitrogens is 1. The summed E-state index contributed by atoms with van der Waals surface area (Å²) in [6, 6.07) is 3.69. The van der Waals surface area contributed by atoms with E-state index in [2.05, 4.69) is 11.1 Å². The van der Waals surface area contributed by atoms with Gasteiger partial charge < -0.3 is 10.1 Å². The van der Waals surface area contributed by atoms with Gasteiger partial charge in [0.2, 0.25) is 0 Å². The van der Waals surface area contributed by atoms with E-state index in [-0.39, 0.29) is 11.1 Å². The number of aromatic carboxylic acids is 1. The van der Waals surface area contributed by atoms with E-state index in [1.165, 1.54) is 0 Å². The molecule has 1 atom stereocenters. The SMILES string of the molecule is CCC1(C)C=C(C#N)C=c2cc(C(=O)O)[nH]c2=C1. The van der Waals surface area contributed by atoms with Crippen LogP contribution in [0.5, 0.6) is 0 Å². The first-order chi connectivity index (χ1) is 8.47. The van der Waals surface area contributed by atoms with E-state index >= 15 is 0 Å². The number of hydrogen-bond acceptors (Lipinski definition) is 2. The molecule has 0 aliphatic heterocycles. The minimum atomic E-state index is -0.995. The zero-order chi connectivity index (χ0) is 13.3. The number of aromatic amines is 1. The quantitative estimate of drug-likeness (QED) is 0.816. The fourth-order valence-electron chi connectivity index (χ4n) is 2.05. The van der Waals surface area contributed by atoms with Crippen molar-refractivity contribution < 1.29 is 9.90 Å². The fraction of sp³-hybridized carbons (Fsp3) is 0.286. The Kier molecular flexibility index (Phi) is 2.84. The van der Waals surface area contributed by atoms with Crippen LogP contribution in [0, 0.1) is 16.7 Å². The third-order valence-electron chi connectivity index (χ3n) is 3.27. The van der Waals surface area contributed by atoms with E-state index in [1.807, 2.05) is 26.0 Å². The number of carbonyl (C=O) groups is 1. The lowest BCUT2D eigenvalue weighted by Gasteiger charge is -2.18. The molecule has 0 saturated heterocycles. The summed E-state index contributed by atoms with van der Waals surface area (Å²) in [6.07, 6.45) is 6.46. The van der Waals surface area contributed by atoms with Crippen molar-refractivity contribution in [3.05, 3.63) is 34.0 Å². The monoisotopic (exact) mass is 242 g/mol. The summed E-state index contributed by atoms with van der Waals surface area (Å²) >= 11 is 0. The van der Waals surface area contributed by atoms with Gasteiger partial charge in [-0.05, 0) is 18.6 Å². The van der Waals surface area contributed by atoms with Crippen molar-refractivity contribution in [3.63, 3.8) is 0 Å². The van der Waals surface area contributed by atoms with Crippen molar-refractivity contribution in [2.75, 3.05) is 0 Å². The maximum absolute atomic E-state index is 10.9. The summed E-state index contributed by atoms with van der Waals surface area (Å²) in [5, 5.41) is 19.6. The second-order valence-electron chi connectivity index (χ2n) is 4.72. The van der Waals surface area contributed by atoms with Gasteiger partial charge in [-0.15, -0.1) is 0 Å². The zero-order valence-electron chi connectivity index (χ0n) is 10.3. The molecule has 1 aromatic rings. The smallest absolute Gasteiger partial charge is 0.352 e. The standard InChI is InChI=1S/C14H14N2O2/c1-3-14(2)6-9(8-15)4-10-5-11(13(17)18)16-12(10)7-14/h4-7,16H,3H2,1-2H3,(H,17,18). The maximum Gasteiger partial charge on any atom is 0.352 e. The highest BCUT2D eigenvalue weighted by Gasteiger charge is 2.19. The van der Waals surface area contributed by atoms with E-state index < -0.39 is 5.97 Å². The topological polar surface area (TPSA) is 76.9 Å². The van der Waals surface area contributed by atoms with Gasteiger partial charge in [-0.2, -0.15) is 5.26 Å². The Morgan fingerprint density at radius 3 is 2.83 bits per heavy atom. The molecule has 18 heavy (non-hydrogen) atoms. The first-order valence-corrected chi connectivity index (χ1v) is 5.77. The summed E-state index contributed by atoms with van der Waals surface area (Å²) in [4.78, 5) is 13.8. The van der Waals surface area contributed by atoms with Crippen molar-refractivity contribution in [3.8, 4) is 6.07 Å². The molecule has 0 amide bonds. The number of nitrogens with one attached hydrogen (secondary N) is 1. The summed E-state index contributed by atoms with van der Waals surface area (Å²) in [5.74, 6) is -0.995. The predicted octanol–water partition coefficient (Wildman–Crippen LogP) is 1.15. The van der Waals surface area contributed by atoms with Crippen LogP contribution in [0.1, 0.15) is 30.8 Å². The van der Waals surface area contributed by atoms with Crippen LogP contribution in [-0.4, -0.2) is 16.1 Å². The summed E-state index contributed by atoms with van der Waals surface area (Å²) in [5.41, 5.74) is 0.461. The Morgan fingerprint density at radius 1 is 1.56 bits per heavy atom. The third kappa shape index (κ3) is 2.07. The minimum absolute atomic E-state index is 0.144. The molecule has 92 valence electrons. The number of aromatic nitrogens is 1. The molecular formula is C14H14N2O2. The first-order valence-electron chi connectivity index (χ1n) is 5.77. The molecule has 0 saturated carbocycles. The van der Waals surface area contributed by atoms with Crippen LogP contribution in [0.15, 0.2) is 17.7 Å². The highest BCUT2D eigenvalue weighted by atomic mass is 16.4. The number of nitrogens with zero attached hydrogens (tertiary/aromatic N) is 1. The number of carboxylic acid groups (broad SMARTS) is 1.